The van der Waals surface area contributed by atoms with Gasteiger partial charge in [-0.25, -0.2) is 0 Å². The van der Waals surface area contributed by atoms with Crippen LogP contribution in [0.1, 0.15) is 49.9 Å². The van der Waals surface area contributed by atoms with Crippen LogP contribution in [0.3, 0.4) is 0 Å². The maximum absolute atomic E-state index is 2.59. The molecular formula is C92H72N4Si. The maximum Gasteiger partial charge on any atom is 0.112 e. The van der Waals surface area contributed by atoms with Crippen LogP contribution in [-0.4, -0.2) is 17.2 Å². The number of para-hydroxylation sites is 4. The van der Waals surface area contributed by atoms with Crippen molar-refractivity contribution in [1.29, 1.82) is 0 Å². The Morgan fingerprint density at radius 1 is 0.247 bits per heavy atom. The van der Waals surface area contributed by atoms with Gasteiger partial charge in [-0.15, -0.1) is 0 Å². The molecule has 2 aliphatic rings. The monoisotopic (exact) mass is 1260 g/mol. The largest absolute Gasteiger partial charge is 0.310 e. The first-order valence-electron chi connectivity index (χ1n) is 34.1. The zero-order valence-corrected chi connectivity index (χ0v) is 56.5. The molecule has 0 saturated heterocycles. The van der Waals surface area contributed by atoms with Gasteiger partial charge in [-0.2, -0.15) is 0 Å². The molecule has 0 bridgehead atoms. The van der Waals surface area contributed by atoms with Crippen molar-refractivity contribution in [2.45, 2.75) is 51.6 Å². The summed E-state index contributed by atoms with van der Waals surface area (Å²) in [7, 11) is -2.31. The average molecular weight is 1260 g/mol. The Kier molecular flexibility index (Phi) is 13.4. The fourth-order valence-electron chi connectivity index (χ4n) is 16.3. The average Bonchev–Trinajstić information content (AvgIpc) is 1.59. The number of hydrogen-bond donors (Lipinski definition) is 0. The lowest BCUT2D eigenvalue weighted by Crippen LogP contribution is -2.53. The third kappa shape index (κ3) is 9.31. The number of fused-ring (bicyclic) bond motifs is 12. The van der Waals surface area contributed by atoms with E-state index in [-0.39, 0.29) is 10.8 Å². The summed E-state index contributed by atoms with van der Waals surface area (Å²) in [5.74, 6) is 0. The maximum atomic E-state index is 2.59. The number of anilines is 6. The molecule has 0 N–H and O–H groups in total. The van der Waals surface area contributed by atoms with Gasteiger partial charge in [0.1, 0.15) is 8.07 Å². The van der Waals surface area contributed by atoms with Gasteiger partial charge in [-0.1, -0.05) is 257 Å². The highest BCUT2D eigenvalue weighted by Crippen LogP contribution is 2.54. The van der Waals surface area contributed by atoms with E-state index < -0.39 is 8.07 Å². The molecule has 2 aliphatic carbocycles. The van der Waals surface area contributed by atoms with Crippen LogP contribution in [0.15, 0.2) is 328 Å². The first kappa shape index (κ1) is 58.1. The molecule has 0 fully saturated rings. The SMILES string of the molecule is CC1(C)c2cc(N(c3ccc(-c4ccccc4)cc3)c3ccc4c(c3)c3ccccc3n4-c3ccccc3)ccc2-c2ccc([Si](C)(C)c3ccc4c(c3)C(C)(C)c3cc(N(c5ccc(-c6ccccc6)cc5)c5ccc6c(c5)c5ccccc5n6-c5ccccc5)ccc3-4)cc21. The predicted molar refractivity (Wildman–Crippen MR) is 414 cm³/mol. The van der Waals surface area contributed by atoms with Crippen molar-refractivity contribution in [3.63, 3.8) is 0 Å². The number of rotatable bonds is 12. The highest BCUT2D eigenvalue weighted by molar-refractivity contribution is 7.00. The summed E-state index contributed by atoms with van der Waals surface area (Å²) in [5, 5.41) is 7.81. The molecule has 0 amide bonds. The lowest BCUT2D eigenvalue weighted by Gasteiger charge is -2.30. The van der Waals surface area contributed by atoms with Crippen molar-refractivity contribution in [2.24, 2.45) is 0 Å². The highest BCUT2D eigenvalue weighted by atomic mass is 28.3. The molecule has 4 nitrogen and oxygen atoms in total. The van der Waals surface area contributed by atoms with Gasteiger partial charge in [0.15, 0.2) is 0 Å². The zero-order chi connectivity index (χ0) is 65.3. The molecular weight excluding hydrogens is 1190 g/mol. The molecule has 14 aromatic carbocycles. The summed E-state index contributed by atoms with van der Waals surface area (Å²) in [4.78, 5) is 4.93. The van der Waals surface area contributed by atoms with Gasteiger partial charge in [0, 0.05) is 77.9 Å². The van der Waals surface area contributed by atoms with Crippen molar-refractivity contribution in [3.05, 3.63) is 350 Å². The third-order valence-electron chi connectivity index (χ3n) is 21.6. The van der Waals surface area contributed by atoms with Gasteiger partial charge < -0.3 is 18.9 Å². The predicted octanol–water partition coefficient (Wildman–Crippen LogP) is 23.6. The molecule has 2 heterocycles. The summed E-state index contributed by atoms with van der Waals surface area (Å²) in [6, 6.07) is 122. The van der Waals surface area contributed by atoms with E-state index >= 15 is 0 Å². The number of benzene rings is 14. The Labute approximate surface area is 568 Å². The molecule has 0 atom stereocenters. The van der Waals surface area contributed by atoms with E-state index in [9.17, 15) is 0 Å². The fraction of sp³-hybridized carbons (Fsp3) is 0.0870. The van der Waals surface area contributed by atoms with E-state index in [1.165, 1.54) is 121 Å². The van der Waals surface area contributed by atoms with E-state index in [0.29, 0.717) is 0 Å². The molecule has 5 heteroatoms. The van der Waals surface area contributed by atoms with Gasteiger partial charge in [0.25, 0.3) is 0 Å². The second-order valence-electron chi connectivity index (χ2n) is 28.1. The van der Waals surface area contributed by atoms with Crippen LogP contribution in [0.4, 0.5) is 34.1 Å². The fourth-order valence-corrected chi connectivity index (χ4v) is 18.7. The van der Waals surface area contributed by atoms with Gasteiger partial charge in [0.2, 0.25) is 0 Å². The normalized spacial score (nSPS) is 13.4. The van der Waals surface area contributed by atoms with E-state index in [1.807, 2.05) is 0 Å². The van der Waals surface area contributed by atoms with Gasteiger partial charge >= 0.3 is 0 Å². The molecule has 0 radical (unpaired) electrons. The minimum atomic E-state index is -2.31. The molecule has 0 unspecified atom stereocenters. The Hall–Kier alpha value is -11.5. The smallest absolute Gasteiger partial charge is 0.112 e. The summed E-state index contributed by atoms with van der Waals surface area (Å²) in [5.41, 5.74) is 28.8. The molecule has 0 aliphatic heterocycles. The first-order chi connectivity index (χ1) is 47.4. The van der Waals surface area contributed by atoms with Crippen molar-refractivity contribution in [3.8, 4) is 55.9 Å². The summed E-state index contributed by atoms with van der Waals surface area (Å²) >= 11 is 0. The number of nitrogens with zero attached hydrogens (tertiary/aromatic N) is 4. The third-order valence-corrected chi connectivity index (χ3v) is 25.1. The Bertz CT molecular complexity index is 5410. The minimum absolute atomic E-state index is 0.263. The lowest BCUT2D eigenvalue weighted by atomic mass is 9.82. The molecule has 97 heavy (non-hydrogen) atoms. The Morgan fingerprint density at radius 2 is 0.536 bits per heavy atom. The van der Waals surface area contributed by atoms with Gasteiger partial charge in [-0.3, -0.25) is 0 Å². The molecule has 0 spiro atoms. The summed E-state index contributed by atoms with van der Waals surface area (Å²) in [6.45, 7) is 14.9. The van der Waals surface area contributed by atoms with E-state index in [2.05, 4.69) is 387 Å². The van der Waals surface area contributed by atoms with Crippen molar-refractivity contribution in [2.75, 3.05) is 9.80 Å². The van der Waals surface area contributed by atoms with Crippen molar-refractivity contribution >= 4 is 96.2 Å². The topological polar surface area (TPSA) is 16.3 Å². The Balaban J connectivity index is 0.688. The van der Waals surface area contributed by atoms with Crippen molar-refractivity contribution in [1.82, 2.24) is 9.13 Å². The van der Waals surface area contributed by atoms with Gasteiger partial charge in [0.05, 0.1) is 22.1 Å². The van der Waals surface area contributed by atoms with Crippen LogP contribution in [-0.2, 0) is 10.8 Å². The molecule has 16 aromatic rings. The second kappa shape index (κ2) is 22.3. The van der Waals surface area contributed by atoms with Crippen LogP contribution in [0.25, 0.3) is 99.5 Å². The van der Waals surface area contributed by atoms with Crippen LogP contribution in [0, 0.1) is 0 Å². The Morgan fingerprint density at radius 3 is 0.928 bits per heavy atom. The number of hydrogen-bond acceptors (Lipinski definition) is 2. The second-order valence-corrected chi connectivity index (χ2v) is 32.5. The lowest BCUT2D eigenvalue weighted by molar-refractivity contribution is 0.661. The van der Waals surface area contributed by atoms with E-state index in [4.69, 9.17) is 0 Å². The highest BCUT2D eigenvalue weighted by Gasteiger charge is 2.41. The van der Waals surface area contributed by atoms with E-state index in [1.54, 1.807) is 0 Å². The molecule has 464 valence electrons. The van der Waals surface area contributed by atoms with Crippen LogP contribution in [0.5, 0.6) is 0 Å². The first-order valence-corrected chi connectivity index (χ1v) is 37.1. The summed E-state index contributed by atoms with van der Waals surface area (Å²) < 4.78 is 4.80. The minimum Gasteiger partial charge on any atom is -0.310 e. The standard InChI is InChI=1S/C92H72N4Si/c1-91(2)83-57-71(93(67-39-35-63(36-40-67)61-23-11-7-12-24-61)69-45-53-89-81(55-69)79-31-19-21-33-87(79)95(89)65-27-15-9-16-28-65)43-49-75(83)77-51-47-73(59-85(77)91)97(5,6)74-48-52-78-76-50-44-72(58-84(76)92(3,4)86(78)60-74)94(68-41-37-64(38-42-68)62-25-13-8-14-26-62)70-46-54-90-82(56-70)80-32-20-22-34-88(80)96(90)66-29-17-10-18-30-66/h7-60H,1-6H3. The van der Waals surface area contributed by atoms with Crippen LogP contribution >= 0.6 is 0 Å². The molecule has 2 aromatic heterocycles. The summed E-state index contributed by atoms with van der Waals surface area (Å²) in [6.07, 6.45) is 0. The molecule has 18 rings (SSSR count). The van der Waals surface area contributed by atoms with E-state index in [0.717, 1.165) is 45.5 Å². The van der Waals surface area contributed by atoms with Gasteiger partial charge in [-0.05, 0) is 188 Å². The quantitative estimate of drug-likeness (QED) is 0.113. The van der Waals surface area contributed by atoms with Crippen molar-refractivity contribution < 1.29 is 0 Å². The van der Waals surface area contributed by atoms with Crippen LogP contribution < -0.4 is 20.2 Å². The zero-order valence-electron chi connectivity index (χ0n) is 55.5. The van der Waals surface area contributed by atoms with Crippen LogP contribution in [0.2, 0.25) is 13.1 Å². The molecule has 0 saturated carbocycles. The number of aromatic nitrogens is 2.